The van der Waals surface area contributed by atoms with Crippen LogP contribution in [0, 0.1) is 6.92 Å². The van der Waals surface area contributed by atoms with Crippen molar-refractivity contribution in [3.05, 3.63) is 65.2 Å². The van der Waals surface area contributed by atoms with E-state index in [1.54, 1.807) is 12.1 Å². The zero-order chi connectivity index (χ0) is 18.5. The van der Waals surface area contributed by atoms with Gasteiger partial charge < -0.3 is 15.7 Å². The molecular weight excluding hydrogens is 324 g/mol. The number of phenolic OH excluding ortho intramolecular Hbond substituents is 1. The molecule has 3 rings (SSSR count). The molecule has 1 heterocycles. The number of benzene rings is 2. The number of likely N-dealkylation sites (tertiary alicyclic amines) is 1. The first-order valence-electron chi connectivity index (χ1n) is 9.42. The molecule has 1 unspecified atom stereocenters. The predicted molar refractivity (Wildman–Crippen MR) is 104 cm³/mol. The second kappa shape index (κ2) is 8.37. The Bertz CT molecular complexity index is 671. The average Bonchev–Trinajstić information content (AvgIpc) is 2.65. The van der Waals surface area contributed by atoms with Gasteiger partial charge in [-0.3, -0.25) is 4.79 Å². The highest BCUT2D eigenvalue weighted by molar-refractivity contribution is 5.76. The number of carbonyl (C=O) groups is 1. The van der Waals surface area contributed by atoms with Crippen molar-refractivity contribution >= 4 is 5.91 Å². The summed E-state index contributed by atoms with van der Waals surface area (Å²) in [5, 5.41) is 9.58. The van der Waals surface area contributed by atoms with Gasteiger partial charge in [-0.05, 0) is 49.4 Å². The van der Waals surface area contributed by atoms with Crippen LogP contribution in [0.2, 0.25) is 0 Å². The zero-order valence-electron chi connectivity index (χ0n) is 15.4. The molecule has 1 amide bonds. The molecule has 0 aromatic heterocycles. The number of rotatable bonds is 5. The summed E-state index contributed by atoms with van der Waals surface area (Å²) in [6.07, 6.45) is 3.07. The molecule has 1 fully saturated rings. The molecule has 138 valence electrons. The lowest BCUT2D eigenvalue weighted by Gasteiger charge is -2.30. The van der Waals surface area contributed by atoms with Crippen LogP contribution in [0.3, 0.4) is 0 Å². The van der Waals surface area contributed by atoms with Gasteiger partial charge >= 0.3 is 0 Å². The van der Waals surface area contributed by atoms with Gasteiger partial charge in [-0.15, -0.1) is 0 Å². The van der Waals surface area contributed by atoms with Gasteiger partial charge in [-0.25, -0.2) is 0 Å². The molecule has 0 spiro atoms. The van der Waals surface area contributed by atoms with Gasteiger partial charge in [0.25, 0.3) is 0 Å². The first-order chi connectivity index (χ1) is 12.5. The minimum atomic E-state index is 0.146. The van der Waals surface area contributed by atoms with E-state index in [0.717, 1.165) is 37.9 Å². The number of aromatic hydroxyl groups is 1. The van der Waals surface area contributed by atoms with Crippen LogP contribution in [0.15, 0.2) is 48.5 Å². The summed E-state index contributed by atoms with van der Waals surface area (Å²) in [4.78, 5) is 14.6. The number of hydrogen-bond acceptors (Lipinski definition) is 3. The molecule has 0 bridgehead atoms. The van der Waals surface area contributed by atoms with Crippen molar-refractivity contribution in [1.29, 1.82) is 0 Å². The number of piperidine rings is 1. The van der Waals surface area contributed by atoms with Gasteiger partial charge in [0, 0.05) is 31.5 Å². The maximum atomic E-state index is 12.6. The van der Waals surface area contributed by atoms with Crippen LogP contribution in [0.25, 0.3) is 0 Å². The number of nitrogens with two attached hydrogens (primary N) is 1. The number of carbonyl (C=O) groups excluding carboxylic acids is 1. The van der Waals surface area contributed by atoms with Crippen LogP contribution in [-0.2, 0) is 4.79 Å². The third-order valence-electron chi connectivity index (χ3n) is 5.31. The standard InChI is InChI=1S/C22H28N2O2/c1-16-2-4-17(5-3-16)21(18-6-8-20(25)9-7-18)10-11-22(26)24-14-12-19(23)13-15-24/h2-9,19,21,25H,10-15,23H2,1H3. The molecule has 2 aromatic rings. The lowest BCUT2D eigenvalue weighted by molar-refractivity contribution is -0.132. The van der Waals surface area contributed by atoms with Gasteiger partial charge in [0.15, 0.2) is 0 Å². The van der Waals surface area contributed by atoms with Crippen molar-refractivity contribution in [2.45, 2.75) is 44.6 Å². The van der Waals surface area contributed by atoms with Crippen LogP contribution in [-0.4, -0.2) is 35.0 Å². The highest BCUT2D eigenvalue weighted by atomic mass is 16.3. The van der Waals surface area contributed by atoms with E-state index in [1.807, 2.05) is 17.0 Å². The summed E-state index contributed by atoms with van der Waals surface area (Å²) in [7, 11) is 0. The normalized spacial score (nSPS) is 16.5. The van der Waals surface area contributed by atoms with E-state index in [-0.39, 0.29) is 23.6 Å². The van der Waals surface area contributed by atoms with Gasteiger partial charge in [-0.1, -0.05) is 42.0 Å². The highest BCUT2D eigenvalue weighted by Crippen LogP contribution is 2.31. The van der Waals surface area contributed by atoms with Crippen LogP contribution < -0.4 is 5.73 Å². The monoisotopic (exact) mass is 352 g/mol. The summed E-state index contributed by atoms with van der Waals surface area (Å²) in [6.45, 7) is 3.62. The van der Waals surface area contributed by atoms with Gasteiger partial charge in [0.05, 0.1) is 0 Å². The molecule has 0 radical (unpaired) electrons. The smallest absolute Gasteiger partial charge is 0.222 e. The fourth-order valence-electron chi connectivity index (χ4n) is 3.61. The maximum absolute atomic E-state index is 12.6. The first-order valence-corrected chi connectivity index (χ1v) is 9.42. The Balaban J connectivity index is 1.72. The summed E-state index contributed by atoms with van der Waals surface area (Å²) < 4.78 is 0. The molecular formula is C22H28N2O2. The van der Waals surface area contributed by atoms with E-state index in [1.165, 1.54) is 11.1 Å². The largest absolute Gasteiger partial charge is 0.508 e. The number of nitrogens with zero attached hydrogens (tertiary/aromatic N) is 1. The second-order valence-electron chi connectivity index (χ2n) is 7.31. The van der Waals surface area contributed by atoms with E-state index in [9.17, 15) is 9.90 Å². The van der Waals surface area contributed by atoms with Gasteiger partial charge in [0.2, 0.25) is 5.91 Å². The summed E-state index contributed by atoms with van der Waals surface area (Å²) in [5.74, 6) is 0.622. The predicted octanol–water partition coefficient (Wildman–Crippen LogP) is 3.56. The molecule has 4 nitrogen and oxygen atoms in total. The van der Waals surface area contributed by atoms with Crippen molar-refractivity contribution in [3.8, 4) is 5.75 Å². The topological polar surface area (TPSA) is 66.6 Å². The number of phenols is 1. The molecule has 2 aromatic carbocycles. The molecule has 0 aliphatic carbocycles. The molecule has 1 saturated heterocycles. The Morgan fingerprint density at radius 1 is 1.08 bits per heavy atom. The average molecular weight is 352 g/mol. The minimum absolute atomic E-state index is 0.146. The van der Waals surface area contributed by atoms with E-state index >= 15 is 0 Å². The molecule has 1 aliphatic heterocycles. The van der Waals surface area contributed by atoms with Crippen molar-refractivity contribution in [1.82, 2.24) is 4.90 Å². The molecule has 1 aliphatic rings. The van der Waals surface area contributed by atoms with E-state index in [4.69, 9.17) is 5.73 Å². The van der Waals surface area contributed by atoms with E-state index in [2.05, 4.69) is 31.2 Å². The quantitative estimate of drug-likeness (QED) is 0.864. The Hall–Kier alpha value is -2.33. The Morgan fingerprint density at radius 3 is 2.19 bits per heavy atom. The van der Waals surface area contributed by atoms with Gasteiger partial charge in [0.1, 0.15) is 5.75 Å². The van der Waals surface area contributed by atoms with Crippen molar-refractivity contribution in [2.24, 2.45) is 5.73 Å². The van der Waals surface area contributed by atoms with Gasteiger partial charge in [-0.2, -0.15) is 0 Å². The Kier molecular flexibility index (Phi) is 5.94. The third kappa shape index (κ3) is 4.64. The third-order valence-corrected chi connectivity index (χ3v) is 5.31. The fourth-order valence-corrected chi connectivity index (χ4v) is 3.61. The molecule has 0 saturated carbocycles. The van der Waals surface area contributed by atoms with Crippen LogP contribution >= 0.6 is 0 Å². The Morgan fingerprint density at radius 2 is 1.62 bits per heavy atom. The van der Waals surface area contributed by atoms with E-state index < -0.39 is 0 Å². The summed E-state index contributed by atoms with van der Waals surface area (Å²) in [6, 6.07) is 16.0. The first kappa shape index (κ1) is 18.5. The SMILES string of the molecule is Cc1ccc(C(CCC(=O)N2CCC(N)CC2)c2ccc(O)cc2)cc1. The molecule has 1 atom stereocenters. The fraction of sp³-hybridized carbons (Fsp3) is 0.409. The highest BCUT2D eigenvalue weighted by Gasteiger charge is 2.22. The van der Waals surface area contributed by atoms with Crippen molar-refractivity contribution in [3.63, 3.8) is 0 Å². The number of amides is 1. The second-order valence-corrected chi connectivity index (χ2v) is 7.31. The van der Waals surface area contributed by atoms with E-state index in [0.29, 0.717) is 6.42 Å². The maximum Gasteiger partial charge on any atom is 0.222 e. The summed E-state index contributed by atoms with van der Waals surface area (Å²) >= 11 is 0. The minimum Gasteiger partial charge on any atom is -0.508 e. The summed E-state index contributed by atoms with van der Waals surface area (Å²) in [5.41, 5.74) is 9.49. The molecule has 3 N–H and O–H groups in total. The van der Waals surface area contributed by atoms with Crippen LogP contribution in [0.1, 0.15) is 48.3 Å². The Labute approximate surface area is 155 Å². The van der Waals surface area contributed by atoms with Crippen molar-refractivity contribution in [2.75, 3.05) is 13.1 Å². The number of hydrogen-bond donors (Lipinski definition) is 2. The van der Waals surface area contributed by atoms with Crippen LogP contribution in [0.4, 0.5) is 0 Å². The van der Waals surface area contributed by atoms with Crippen LogP contribution in [0.5, 0.6) is 5.75 Å². The number of aryl methyl sites for hydroxylation is 1. The lowest BCUT2D eigenvalue weighted by Crippen LogP contribution is -2.42. The molecule has 4 heteroatoms. The lowest BCUT2D eigenvalue weighted by atomic mass is 9.87. The molecule has 26 heavy (non-hydrogen) atoms. The van der Waals surface area contributed by atoms with Crippen molar-refractivity contribution < 1.29 is 9.90 Å². The zero-order valence-corrected chi connectivity index (χ0v) is 15.4.